The van der Waals surface area contributed by atoms with Gasteiger partial charge in [-0.2, -0.15) is 0 Å². The number of nitrogens with one attached hydrogen (secondary N) is 1. The van der Waals surface area contributed by atoms with Gasteiger partial charge in [0.1, 0.15) is 12.4 Å². The summed E-state index contributed by atoms with van der Waals surface area (Å²) in [6.07, 6.45) is 13.9. The van der Waals surface area contributed by atoms with Crippen LogP contribution in [0, 0.1) is 23.5 Å². The summed E-state index contributed by atoms with van der Waals surface area (Å²) in [4.78, 5) is 23.0. The number of allylic oxidation sites excluding steroid dienone is 1. The lowest BCUT2D eigenvalue weighted by Crippen LogP contribution is -2.43. The first kappa shape index (κ1) is 29.6. The third kappa shape index (κ3) is 7.89. The van der Waals surface area contributed by atoms with Gasteiger partial charge in [0.2, 0.25) is 0 Å². The van der Waals surface area contributed by atoms with Gasteiger partial charge in [0.05, 0.1) is 29.3 Å². The fourth-order valence-electron chi connectivity index (χ4n) is 4.81. The summed E-state index contributed by atoms with van der Waals surface area (Å²) in [5, 5.41) is 3.89. The fraction of sp³-hybridized carbons (Fsp3) is 0.387. The number of hydrogen-bond acceptors (Lipinski definition) is 7. The van der Waals surface area contributed by atoms with Crippen molar-refractivity contribution in [3.05, 3.63) is 77.9 Å². The zero-order valence-electron chi connectivity index (χ0n) is 23.4. The molecule has 0 spiro atoms. The Labute approximate surface area is 248 Å². The van der Waals surface area contributed by atoms with Gasteiger partial charge in [0.15, 0.2) is 23.3 Å². The molecule has 0 saturated carbocycles. The summed E-state index contributed by atoms with van der Waals surface area (Å²) in [7, 11) is 2.04. The highest BCUT2D eigenvalue weighted by atomic mass is 32.2. The Kier molecular flexibility index (Phi) is 10.1. The van der Waals surface area contributed by atoms with E-state index in [2.05, 4.69) is 44.2 Å². The number of imidazole rings is 1. The van der Waals surface area contributed by atoms with E-state index >= 15 is 0 Å². The van der Waals surface area contributed by atoms with Crippen LogP contribution in [0.25, 0.3) is 5.69 Å². The second kappa shape index (κ2) is 14.3. The fourth-order valence-corrected chi connectivity index (χ4v) is 6.00. The summed E-state index contributed by atoms with van der Waals surface area (Å²) in [5.74, 6) is 3.37. The Morgan fingerprint density at radius 1 is 1.19 bits per heavy atom. The van der Waals surface area contributed by atoms with Gasteiger partial charge in [-0.25, -0.2) is 18.6 Å². The maximum Gasteiger partial charge on any atom is 0.408 e. The van der Waals surface area contributed by atoms with E-state index in [1.54, 1.807) is 30.4 Å². The molecule has 1 N–H and O–H groups in total. The molecule has 3 heterocycles. The number of thioether (sulfide) groups is 1. The number of aromatic nitrogens is 3. The predicted octanol–water partition coefficient (Wildman–Crippen LogP) is 5.50. The molecule has 2 aromatic heterocycles. The van der Waals surface area contributed by atoms with Crippen molar-refractivity contribution in [2.24, 2.45) is 0 Å². The zero-order valence-corrected chi connectivity index (χ0v) is 24.2. The first-order valence-corrected chi connectivity index (χ1v) is 14.9. The van der Waals surface area contributed by atoms with Crippen LogP contribution in [0.3, 0.4) is 0 Å². The Morgan fingerprint density at radius 3 is 2.81 bits per heavy atom. The van der Waals surface area contributed by atoms with Crippen molar-refractivity contribution >= 4 is 17.9 Å². The number of likely N-dealkylation sites (tertiary alicyclic amines) is 1. The molecule has 1 fully saturated rings. The third-order valence-corrected chi connectivity index (χ3v) is 8.30. The number of carbonyl (C=O) groups excluding carboxylic acids is 1. The summed E-state index contributed by atoms with van der Waals surface area (Å²) >= 11 is 1.65. The van der Waals surface area contributed by atoms with Crippen molar-refractivity contribution in [2.45, 2.75) is 55.2 Å². The second-order valence-electron chi connectivity index (χ2n) is 10.2. The van der Waals surface area contributed by atoms with Crippen molar-refractivity contribution in [3.63, 3.8) is 0 Å². The normalized spacial score (nSPS) is 17.4. The van der Waals surface area contributed by atoms with E-state index in [1.165, 1.54) is 0 Å². The molecule has 1 saturated heterocycles. The van der Waals surface area contributed by atoms with Crippen LogP contribution in [0.4, 0.5) is 13.6 Å². The van der Waals surface area contributed by atoms with E-state index < -0.39 is 17.7 Å². The van der Waals surface area contributed by atoms with Crippen LogP contribution >= 0.6 is 11.8 Å². The van der Waals surface area contributed by atoms with E-state index in [9.17, 15) is 13.6 Å². The summed E-state index contributed by atoms with van der Waals surface area (Å²) in [6.45, 7) is 1.53. The average Bonchev–Trinajstić information content (AvgIpc) is 3.40. The lowest BCUT2D eigenvalue weighted by atomic mass is 10.1. The number of halogens is 2. The molecular formula is C31H33F2N5O3S. The minimum atomic E-state index is -0.754. The zero-order chi connectivity index (χ0) is 29.3. The first-order valence-electron chi connectivity index (χ1n) is 14.0. The number of carbonyl (C=O) groups is 1. The van der Waals surface area contributed by atoms with Crippen molar-refractivity contribution < 1.29 is 23.0 Å². The Hall–Kier alpha value is -3.88. The van der Waals surface area contributed by atoms with Crippen LogP contribution in [-0.4, -0.2) is 63.6 Å². The summed E-state index contributed by atoms with van der Waals surface area (Å²) in [6, 6.07) is 5.75. The Bertz CT molecular complexity index is 1460. The molecule has 11 heteroatoms. The van der Waals surface area contributed by atoms with Crippen molar-refractivity contribution in [1.82, 2.24) is 24.8 Å². The Morgan fingerprint density at radius 2 is 2.05 bits per heavy atom. The highest BCUT2D eigenvalue weighted by Gasteiger charge is 2.20. The van der Waals surface area contributed by atoms with Gasteiger partial charge in [0.25, 0.3) is 0 Å². The van der Waals surface area contributed by atoms with Gasteiger partial charge in [-0.3, -0.25) is 9.55 Å². The monoisotopic (exact) mass is 593 g/mol. The first-order chi connectivity index (χ1) is 20.5. The van der Waals surface area contributed by atoms with E-state index in [-0.39, 0.29) is 30.6 Å². The lowest BCUT2D eigenvalue weighted by Gasteiger charge is -2.28. The molecular weight excluding hydrogens is 560 g/mol. The van der Waals surface area contributed by atoms with Crippen LogP contribution in [0.5, 0.6) is 5.75 Å². The number of alkyl carbamates (subject to hydrolysis) is 1. The average molecular weight is 594 g/mol. The van der Waals surface area contributed by atoms with Gasteiger partial charge < -0.3 is 19.7 Å². The number of piperidine rings is 1. The van der Waals surface area contributed by atoms with E-state index in [0.29, 0.717) is 10.9 Å². The quantitative estimate of drug-likeness (QED) is 0.273. The van der Waals surface area contributed by atoms with Gasteiger partial charge in [-0.05, 0) is 70.4 Å². The van der Waals surface area contributed by atoms with Crippen LogP contribution in [0.2, 0.25) is 0 Å². The molecule has 8 nitrogen and oxygen atoms in total. The van der Waals surface area contributed by atoms with Gasteiger partial charge in [0, 0.05) is 23.6 Å². The van der Waals surface area contributed by atoms with Crippen LogP contribution < -0.4 is 10.1 Å². The van der Waals surface area contributed by atoms with Crippen LogP contribution in [0.15, 0.2) is 60.2 Å². The van der Waals surface area contributed by atoms with Crippen molar-refractivity contribution in [2.75, 3.05) is 26.7 Å². The number of nitrogens with zero attached hydrogens (tertiary/aromatic N) is 4. The van der Waals surface area contributed by atoms with Gasteiger partial charge in [-0.1, -0.05) is 35.8 Å². The molecule has 2 aliphatic rings. The maximum absolute atomic E-state index is 14.9. The van der Waals surface area contributed by atoms with E-state index in [0.717, 1.165) is 68.2 Å². The van der Waals surface area contributed by atoms with Gasteiger partial charge >= 0.3 is 6.09 Å². The minimum absolute atomic E-state index is 0.0371. The van der Waals surface area contributed by atoms with Gasteiger partial charge in [-0.15, -0.1) is 0 Å². The van der Waals surface area contributed by atoms with Crippen LogP contribution in [-0.2, 0) is 11.3 Å². The number of rotatable bonds is 8. The molecule has 1 aromatic carbocycles. The number of amides is 1. The second-order valence-corrected chi connectivity index (χ2v) is 11.5. The largest absolute Gasteiger partial charge is 0.484 e. The highest BCUT2D eigenvalue weighted by Crippen LogP contribution is 2.32. The smallest absolute Gasteiger partial charge is 0.408 e. The lowest BCUT2D eigenvalue weighted by molar-refractivity contribution is 0.147. The molecule has 0 bridgehead atoms. The molecule has 5 rings (SSSR count). The molecule has 1 unspecified atom stereocenters. The van der Waals surface area contributed by atoms with E-state index in [1.807, 2.05) is 23.7 Å². The number of benzene rings is 1. The molecule has 42 heavy (non-hydrogen) atoms. The topological polar surface area (TPSA) is 81.5 Å². The molecule has 0 radical (unpaired) electrons. The summed E-state index contributed by atoms with van der Waals surface area (Å²) < 4.78 is 42.4. The molecule has 1 aliphatic heterocycles. The van der Waals surface area contributed by atoms with Crippen molar-refractivity contribution in [3.8, 4) is 23.3 Å². The Balaban J connectivity index is 1.21. The minimum Gasteiger partial charge on any atom is -0.484 e. The highest BCUT2D eigenvalue weighted by molar-refractivity contribution is 7.99. The SMILES string of the molecule is CN1CCC(NC(=O)OCC#Cc2cc(F)c(OCc3cnc(SC4C=CCCC4)n3-c3cccnc3)cc2F)CC1. The maximum atomic E-state index is 14.9. The van der Waals surface area contributed by atoms with E-state index in [4.69, 9.17) is 9.47 Å². The number of pyridine rings is 1. The number of hydrogen-bond donors (Lipinski definition) is 1. The molecule has 1 aliphatic carbocycles. The molecule has 1 atom stereocenters. The predicted molar refractivity (Wildman–Crippen MR) is 157 cm³/mol. The summed E-state index contributed by atoms with van der Waals surface area (Å²) in [5.41, 5.74) is 1.32. The third-order valence-electron chi connectivity index (χ3n) is 7.11. The van der Waals surface area contributed by atoms with Crippen molar-refractivity contribution in [1.29, 1.82) is 0 Å². The molecule has 3 aromatic rings. The molecule has 220 valence electrons. The van der Waals surface area contributed by atoms with Crippen LogP contribution in [0.1, 0.15) is 43.4 Å². The molecule has 1 amide bonds. The number of ether oxygens (including phenoxy) is 2. The standard InChI is InChI=1S/C31H33F2N5O3S/c1-37-14-11-23(12-15-37)36-31(39)40-16-6-7-22-17-28(33)29(18-27(22)32)41-21-25-20-35-30(42-26-9-3-2-4-10-26)38(25)24-8-5-13-34-19-24/h3,5,8-9,13,17-20,23,26H,2,4,10-12,14-16,21H2,1H3,(H,36,39).